The van der Waals surface area contributed by atoms with E-state index in [0.717, 1.165) is 32.1 Å². The fourth-order valence-corrected chi connectivity index (χ4v) is 2.33. The van der Waals surface area contributed by atoms with E-state index in [4.69, 9.17) is 5.11 Å². The molecule has 0 aromatic heterocycles. The maximum absolute atomic E-state index is 9.81. The highest BCUT2D eigenvalue weighted by molar-refractivity contribution is 4.57. The lowest BCUT2D eigenvalue weighted by molar-refractivity contribution is 0.147. The summed E-state index contributed by atoms with van der Waals surface area (Å²) in [5.41, 5.74) is 0. The van der Waals surface area contributed by atoms with Crippen molar-refractivity contribution in [2.75, 3.05) is 6.61 Å². The lowest BCUT2D eigenvalue weighted by atomic mass is 10.0. The van der Waals surface area contributed by atoms with Crippen molar-refractivity contribution >= 4 is 0 Å². The van der Waals surface area contributed by atoms with Gasteiger partial charge in [0.1, 0.15) is 0 Å². The standard InChI is InChI=1S/C16H34O2/c1-2-3-4-5-7-10-13-16(18)14-11-8-6-9-12-15-17/h16-18H,2-15H2,1H3. The molecule has 18 heavy (non-hydrogen) atoms. The highest BCUT2D eigenvalue weighted by Crippen LogP contribution is 2.13. The lowest BCUT2D eigenvalue weighted by Gasteiger charge is -2.10. The number of unbranched alkanes of at least 4 members (excludes halogenated alkanes) is 9. The molecule has 2 nitrogen and oxygen atoms in total. The Morgan fingerprint density at radius 2 is 1.11 bits per heavy atom. The van der Waals surface area contributed by atoms with Crippen LogP contribution in [0.1, 0.15) is 90.4 Å². The van der Waals surface area contributed by atoms with Crippen LogP contribution in [-0.2, 0) is 0 Å². The van der Waals surface area contributed by atoms with Gasteiger partial charge in [-0.2, -0.15) is 0 Å². The molecule has 1 unspecified atom stereocenters. The van der Waals surface area contributed by atoms with Crippen LogP contribution in [0.15, 0.2) is 0 Å². The maximum atomic E-state index is 9.81. The molecule has 0 aliphatic rings. The van der Waals surface area contributed by atoms with Gasteiger partial charge >= 0.3 is 0 Å². The normalized spacial score (nSPS) is 12.8. The summed E-state index contributed by atoms with van der Waals surface area (Å²) in [6.45, 7) is 2.56. The van der Waals surface area contributed by atoms with Gasteiger partial charge in [0, 0.05) is 6.61 Å². The molecule has 0 rings (SSSR count). The van der Waals surface area contributed by atoms with E-state index in [1.807, 2.05) is 0 Å². The van der Waals surface area contributed by atoms with Crippen LogP contribution in [0.25, 0.3) is 0 Å². The Labute approximate surface area is 114 Å². The van der Waals surface area contributed by atoms with E-state index in [1.54, 1.807) is 0 Å². The molecule has 0 saturated carbocycles. The van der Waals surface area contributed by atoms with Gasteiger partial charge in [0.2, 0.25) is 0 Å². The van der Waals surface area contributed by atoms with Crippen molar-refractivity contribution in [3.63, 3.8) is 0 Å². The summed E-state index contributed by atoms with van der Waals surface area (Å²) < 4.78 is 0. The third kappa shape index (κ3) is 14.0. The summed E-state index contributed by atoms with van der Waals surface area (Å²) >= 11 is 0. The van der Waals surface area contributed by atoms with E-state index >= 15 is 0 Å². The highest BCUT2D eigenvalue weighted by atomic mass is 16.3. The van der Waals surface area contributed by atoms with Crippen LogP contribution in [0.2, 0.25) is 0 Å². The minimum Gasteiger partial charge on any atom is -0.396 e. The molecule has 2 heteroatoms. The molecule has 0 amide bonds. The zero-order chi connectivity index (χ0) is 13.5. The minimum absolute atomic E-state index is 0.0750. The Hall–Kier alpha value is -0.0800. The van der Waals surface area contributed by atoms with Gasteiger partial charge in [0.05, 0.1) is 6.10 Å². The Kier molecular flexibility index (Phi) is 14.9. The van der Waals surface area contributed by atoms with E-state index in [0.29, 0.717) is 6.61 Å². The van der Waals surface area contributed by atoms with Crippen LogP contribution in [0.3, 0.4) is 0 Å². The molecule has 0 bridgehead atoms. The third-order valence-electron chi connectivity index (χ3n) is 3.59. The van der Waals surface area contributed by atoms with Gasteiger partial charge in [-0.25, -0.2) is 0 Å². The monoisotopic (exact) mass is 258 g/mol. The molecule has 0 aromatic rings. The third-order valence-corrected chi connectivity index (χ3v) is 3.59. The number of rotatable bonds is 14. The van der Waals surface area contributed by atoms with E-state index in [9.17, 15) is 5.11 Å². The summed E-state index contributed by atoms with van der Waals surface area (Å²) in [5, 5.41) is 18.5. The van der Waals surface area contributed by atoms with Gasteiger partial charge < -0.3 is 10.2 Å². The van der Waals surface area contributed by atoms with Crippen LogP contribution >= 0.6 is 0 Å². The number of hydrogen-bond acceptors (Lipinski definition) is 2. The molecule has 1 atom stereocenters. The first-order valence-electron chi connectivity index (χ1n) is 8.10. The van der Waals surface area contributed by atoms with Crippen molar-refractivity contribution in [1.82, 2.24) is 0 Å². The van der Waals surface area contributed by atoms with Crippen molar-refractivity contribution in [3.8, 4) is 0 Å². The van der Waals surface area contributed by atoms with Crippen molar-refractivity contribution in [3.05, 3.63) is 0 Å². The molecular weight excluding hydrogens is 224 g/mol. The molecule has 0 aliphatic carbocycles. The van der Waals surface area contributed by atoms with Crippen LogP contribution in [0.4, 0.5) is 0 Å². The Morgan fingerprint density at radius 1 is 0.667 bits per heavy atom. The Balaban J connectivity index is 3.10. The first kappa shape index (κ1) is 17.9. The zero-order valence-electron chi connectivity index (χ0n) is 12.4. The van der Waals surface area contributed by atoms with Crippen LogP contribution < -0.4 is 0 Å². The first-order valence-corrected chi connectivity index (χ1v) is 8.10. The molecule has 110 valence electrons. The highest BCUT2D eigenvalue weighted by Gasteiger charge is 2.03. The predicted molar refractivity (Wildman–Crippen MR) is 78.8 cm³/mol. The van der Waals surface area contributed by atoms with Gasteiger partial charge in [-0.15, -0.1) is 0 Å². The number of aliphatic hydroxyl groups excluding tert-OH is 2. The van der Waals surface area contributed by atoms with Gasteiger partial charge in [0.25, 0.3) is 0 Å². The minimum atomic E-state index is -0.0750. The second-order valence-electron chi connectivity index (χ2n) is 5.49. The summed E-state index contributed by atoms with van der Waals surface area (Å²) in [7, 11) is 0. The Bertz CT molecular complexity index is 132. The second-order valence-corrected chi connectivity index (χ2v) is 5.49. The van der Waals surface area contributed by atoms with Crippen molar-refractivity contribution < 1.29 is 10.2 Å². The molecular formula is C16H34O2. The van der Waals surface area contributed by atoms with Crippen LogP contribution in [0, 0.1) is 0 Å². The Morgan fingerprint density at radius 3 is 1.61 bits per heavy atom. The molecule has 0 aliphatic heterocycles. The molecule has 0 aromatic carbocycles. The summed E-state index contributed by atoms with van der Waals surface area (Å²) in [6, 6.07) is 0. The van der Waals surface area contributed by atoms with Crippen molar-refractivity contribution in [1.29, 1.82) is 0 Å². The predicted octanol–water partition coefficient (Wildman–Crippen LogP) is 4.43. The average molecular weight is 258 g/mol. The van der Waals surface area contributed by atoms with Crippen molar-refractivity contribution in [2.24, 2.45) is 0 Å². The summed E-state index contributed by atoms with van der Waals surface area (Å²) in [6.07, 6.45) is 15.3. The quantitative estimate of drug-likeness (QED) is 0.452. The topological polar surface area (TPSA) is 40.5 Å². The SMILES string of the molecule is CCCCCCCCC(O)CCCCCCCO. The van der Waals surface area contributed by atoms with Gasteiger partial charge in [0.15, 0.2) is 0 Å². The zero-order valence-corrected chi connectivity index (χ0v) is 12.4. The average Bonchev–Trinajstić information content (AvgIpc) is 2.38. The molecule has 0 radical (unpaired) electrons. The van der Waals surface area contributed by atoms with E-state index in [-0.39, 0.29) is 6.10 Å². The van der Waals surface area contributed by atoms with E-state index in [1.165, 1.54) is 51.4 Å². The van der Waals surface area contributed by atoms with Gasteiger partial charge in [-0.1, -0.05) is 71.1 Å². The summed E-state index contributed by atoms with van der Waals surface area (Å²) in [4.78, 5) is 0. The largest absolute Gasteiger partial charge is 0.396 e. The number of hydrogen-bond donors (Lipinski definition) is 2. The van der Waals surface area contributed by atoms with Crippen LogP contribution in [-0.4, -0.2) is 22.9 Å². The van der Waals surface area contributed by atoms with Crippen LogP contribution in [0.5, 0.6) is 0 Å². The maximum Gasteiger partial charge on any atom is 0.0540 e. The molecule has 0 saturated heterocycles. The van der Waals surface area contributed by atoms with Gasteiger partial charge in [-0.3, -0.25) is 0 Å². The summed E-state index contributed by atoms with van der Waals surface area (Å²) in [5.74, 6) is 0. The van der Waals surface area contributed by atoms with E-state index in [2.05, 4.69) is 6.92 Å². The fourth-order valence-electron chi connectivity index (χ4n) is 2.33. The van der Waals surface area contributed by atoms with Gasteiger partial charge in [-0.05, 0) is 19.3 Å². The molecule has 0 heterocycles. The second kappa shape index (κ2) is 15.0. The molecule has 2 N–H and O–H groups in total. The first-order chi connectivity index (χ1) is 8.81. The fraction of sp³-hybridized carbons (Fsp3) is 1.00. The molecule has 0 fully saturated rings. The molecule has 0 spiro atoms. The number of aliphatic hydroxyl groups is 2. The van der Waals surface area contributed by atoms with Crippen molar-refractivity contribution in [2.45, 2.75) is 96.5 Å². The van der Waals surface area contributed by atoms with E-state index < -0.39 is 0 Å². The lowest BCUT2D eigenvalue weighted by Crippen LogP contribution is -2.05. The smallest absolute Gasteiger partial charge is 0.0540 e.